The summed E-state index contributed by atoms with van der Waals surface area (Å²) in [7, 11) is 1.73. The number of aliphatic hydroxyl groups excluding tert-OH is 1. The molecule has 29 heavy (non-hydrogen) atoms. The first-order valence-corrected chi connectivity index (χ1v) is 9.64. The third-order valence-corrected chi connectivity index (χ3v) is 5.57. The molecule has 1 saturated heterocycles. The van der Waals surface area contributed by atoms with Gasteiger partial charge < -0.3 is 21.1 Å². The maximum atomic E-state index is 14.0. The zero-order valence-corrected chi connectivity index (χ0v) is 16.2. The minimum atomic E-state index is -0.784. The maximum Gasteiger partial charge on any atom is 0.277 e. The number of anilines is 3. The van der Waals surface area contributed by atoms with E-state index in [-0.39, 0.29) is 21.3 Å². The minimum Gasteiger partial charge on any atom is -0.391 e. The van der Waals surface area contributed by atoms with Gasteiger partial charge in [0.2, 0.25) is 0 Å². The molecule has 1 aromatic carbocycles. The van der Waals surface area contributed by atoms with E-state index in [4.69, 9.17) is 5.73 Å². The Morgan fingerprint density at radius 3 is 2.76 bits per heavy atom. The monoisotopic (exact) mass is 420 g/mol. The molecule has 3 aromatic rings. The van der Waals surface area contributed by atoms with Gasteiger partial charge in [-0.15, -0.1) is 0 Å². The Hall–Kier alpha value is -3.05. The van der Waals surface area contributed by atoms with E-state index in [0.717, 1.165) is 23.5 Å². The van der Waals surface area contributed by atoms with Crippen molar-refractivity contribution in [3.8, 4) is 10.6 Å². The van der Waals surface area contributed by atoms with Gasteiger partial charge in [-0.25, -0.2) is 13.8 Å². The molecule has 1 atom stereocenters. The quantitative estimate of drug-likeness (QED) is 0.597. The van der Waals surface area contributed by atoms with Crippen molar-refractivity contribution >= 4 is 33.8 Å². The van der Waals surface area contributed by atoms with Crippen molar-refractivity contribution in [2.75, 3.05) is 29.0 Å². The molecule has 0 radical (unpaired) electrons. The number of thiazole rings is 1. The highest BCUT2D eigenvalue weighted by Gasteiger charge is 2.27. The number of aromatic nitrogens is 3. The van der Waals surface area contributed by atoms with E-state index in [2.05, 4.69) is 15.4 Å². The van der Waals surface area contributed by atoms with Gasteiger partial charge in [0.05, 0.1) is 17.9 Å². The Labute approximate surface area is 168 Å². The first-order chi connectivity index (χ1) is 13.8. The molecule has 2 aromatic heterocycles. The average Bonchev–Trinajstić information content (AvgIpc) is 3.34. The number of β-amino-alcohol motifs (C(OH)–C–C–N with tert-alkyl or cyclic N) is 1. The molecule has 1 amide bonds. The number of carbonyl (C=O) groups is 1. The first-order valence-electron chi connectivity index (χ1n) is 8.82. The van der Waals surface area contributed by atoms with E-state index in [1.807, 2.05) is 4.90 Å². The smallest absolute Gasteiger partial charge is 0.277 e. The summed E-state index contributed by atoms with van der Waals surface area (Å²) in [5.41, 5.74) is 5.89. The Bertz CT molecular complexity index is 1060. The second-order valence-electron chi connectivity index (χ2n) is 6.68. The van der Waals surface area contributed by atoms with Crippen LogP contribution in [0.1, 0.15) is 16.9 Å². The third kappa shape index (κ3) is 3.54. The van der Waals surface area contributed by atoms with Crippen LogP contribution in [0.15, 0.2) is 24.4 Å². The summed E-state index contributed by atoms with van der Waals surface area (Å²) in [6, 6.07) is 3.47. The standard InChI is InChI=1S/C18H18F2N6O2S/c1-25-18(26-6-5-9(27)8-26)12(7-22-25)23-16(28)14-15(21)29-17(24-14)13-10(19)3-2-4-11(13)20/h2-4,7,9,27H,5-6,8,21H2,1H3,(H,23,28)/t9-/m1/s1. The minimum absolute atomic E-state index is 0.0164. The number of halogens is 2. The molecule has 11 heteroatoms. The number of aryl methyl sites for hydroxylation is 1. The average molecular weight is 420 g/mol. The maximum absolute atomic E-state index is 14.0. The van der Waals surface area contributed by atoms with Gasteiger partial charge in [-0.2, -0.15) is 5.10 Å². The number of carbonyl (C=O) groups excluding carboxylic acids is 1. The van der Waals surface area contributed by atoms with Crippen molar-refractivity contribution < 1.29 is 18.7 Å². The highest BCUT2D eigenvalue weighted by Crippen LogP contribution is 2.34. The van der Waals surface area contributed by atoms with Crippen LogP contribution in [0, 0.1) is 11.6 Å². The number of rotatable bonds is 4. The lowest BCUT2D eigenvalue weighted by Gasteiger charge is -2.19. The van der Waals surface area contributed by atoms with Crippen molar-refractivity contribution in [3.63, 3.8) is 0 Å². The number of aliphatic hydroxyl groups is 1. The fraction of sp³-hybridized carbons (Fsp3) is 0.278. The highest BCUT2D eigenvalue weighted by molar-refractivity contribution is 7.19. The predicted octanol–water partition coefficient (Wildman–Crippen LogP) is 2.23. The van der Waals surface area contributed by atoms with Gasteiger partial charge in [-0.3, -0.25) is 9.48 Å². The molecule has 0 spiro atoms. The number of benzene rings is 1. The predicted molar refractivity (Wildman–Crippen MR) is 106 cm³/mol. The normalized spacial score (nSPS) is 16.4. The van der Waals surface area contributed by atoms with Crippen LogP contribution in [0.5, 0.6) is 0 Å². The van der Waals surface area contributed by atoms with Gasteiger partial charge in [0, 0.05) is 20.1 Å². The summed E-state index contributed by atoms with van der Waals surface area (Å²) in [6.45, 7) is 1.05. The molecule has 1 aliphatic heterocycles. The van der Waals surface area contributed by atoms with E-state index in [0.29, 0.717) is 31.0 Å². The Balaban J connectivity index is 1.62. The van der Waals surface area contributed by atoms with E-state index in [1.54, 1.807) is 11.7 Å². The molecular formula is C18H18F2N6O2S. The zero-order valence-electron chi connectivity index (χ0n) is 15.4. The summed E-state index contributed by atoms with van der Waals surface area (Å²) >= 11 is 0.831. The second kappa shape index (κ2) is 7.41. The number of hydrogen-bond acceptors (Lipinski definition) is 7. The fourth-order valence-corrected chi connectivity index (χ4v) is 4.19. The number of amides is 1. The molecule has 4 rings (SSSR count). The molecule has 3 heterocycles. The van der Waals surface area contributed by atoms with Crippen LogP contribution in [0.3, 0.4) is 0 Å². The van der Waals surface area contributed by atoms with Crippen LogP contribution in [-0.4, -0.2) is 45.0 Å². The lowest BCUT2D eigenvalue weighted by Crippen LogP contribution is -2.25. The second-order valence-corrected chi connectivity index (χ2v) is 7.71. The van der Waals surface area contributed by atoms with Gasteiger partial charge in [0.25, 0.3) is 5.91 Å². The van der Waals surface area contributed by atoms with Crippen molar-refractivity contribution in [1.29, 1.82) is 0 Å². The molecule has 1 aliphatic rings. The third-order valence-electron chi connectivity index (χ3n) is 4.66. The molecule has 0 bridgehead atoms. The summed E-state index contributed by atoms with van der Waals surface area (Å²) in [5.74, 6) is -1.54. The van der Waals surface area contributed by atoms with Crippen LogP contribution in [0.2, 0.25) is 0 Å². The zero-order chi connectivity index (χ0) is 20.7. The van der Waals surface area contributed by atoms with Gasteiger partial charge in [0.1, 0.15) is 27.3 Å². The molecule has 152 valence electrons. The van der Waals surface area contributed by atoms with Crippen LogP contribution in [0.4, 0.5) is 25.3 Å². The van der Waals surface area contributed by atoms with Crippen molar-refractivity contribution in [2.45, 2.75) is 12.5 Å². The lowest BCUT2D eigenvalue weighted by molar-refractivity contribution is 0.102. The van der Waals surface area contributed by atoms with Gasteiger partial charge >= 0.3 is 0 Å². The van der Waals surface area contributed by atoms with E-state index in [1.165, 1.54) is 12.3 Å². The molecule has 1 fully saturated rings. The van der Waals surface area contributed by atoms with E-state index >= 15 is 0 Å². The number of nitrogens with zero attached hydrogens (tertiary/aromatic N) is 4. The van der Waals surface area contributed by atoms with Crippen molar-refractivity contribution in [1.82, 2.24) is 14.8 Å². The number of nitrogen functional groups attached to an aromatic ring is 1. The SMILES string of the molecule is Cn1ncc(NC(=O)c2nc(-c3c(F)cccc3F)sc2N)c1N1CC[C@@H](O)C1. The van der Waals surface area contributed by atoms with Crippen LogP contribution in [-0.2, 0) is 7.05 Å². The van der Waals surface area contributed by atoms with Gasteiger partial charge in [-0.05, 0) is 18.6 Å². The summed E-state index contributed by atoms with van der Waals surface area (Å²) in [4.78, 5) is 18.7. The molecule has 8 nitrogen and oxygen atoms in total. The molecule has 4 N–H and O–H groups in total. The number of nitrogens with two attached hydrogens (primary N) is 1. The van der Waals surface area contributed by atoms with Gasteiger partial charge in [-0.1, -0.05) is 17.4 Å². The molecule has 0 saturated carbocycles. The number of hydrogen-bond donors (Lipinski definition) is 3. The van der Waals surface area contributed by atoms with Crippen molar-refractivity contribution in [3.05, 3.63) is 41.7 Å². The summed E-state index contributed by atoms with van der Waals surface area (Å²) < 4.78 is 29.7. The first kappa shape index (κ1) is 19.3. The Morgan fingerprint density at radius 1 is 1.38 bits per heavy atom. The Morgan fingerprint density at radius 2 is 2.10 bits per heavy atom. The fourth-order valence-electron chi connectivity index (χ4n) is 3.31. The van der Waals surface area contributed by atoms with Crippen LogP contribution >= 0.6 is 11.3 Å². The molecule has 0 aliphatic carbocycles. The lowest BCUT2D eigenvalue weighted by atomic mass is 10.2. The van der Waals surface area contributed by atoms with Crippen LogP contribution in [0.25, 0.3) is 10.6 Å². The molecular weight excluding hydrogens is 402 g/mol. The van der Waals surface area contributed by atoms with Crippen molar-refractivity contribution in [2.24, 2.45) is 7.05 Å². The van der Waals surface area contributed by atoms with Gasteiger partial charge in [0.15, 0.2) is 11.5 Å². The summed E-state index contributed by atoms with van der Waals surface area (Å²) in [6.07, 6.45) is 1.66. The molecule has 0 unspecified atom stereocenters. The topological polar surface area (TPSA) is 109 Å². The van der Waals surface area contributed by atoms with E-state index < -0.39 is 23.6 Å². The van der Waals surface area contributed by atoms with E-state index in [9.17, 15) is 18.7 Å². The Kier molecular flexibility index (Phi) is 4.92. The summed E-state index contributed by atoms with van der Waals surface area (Å²) in [5, 5.41) is 16.7. The number of nitrogens with one attached hydrogen (secondary N) is 1. The largest absolute Gasteiger partial charge is 0.391 e. The highest BCUT2D eigenvalue weighted by atomic mass is 32.1. The van der Waals surface area contributed by atoms with Crippen LogP contribution < -0.4 is 16.0 Å².